The molecule has 8 aliphatic rings. The summed E-state index contributed by atoms with van der Waals surface area (Å²) >= 11 is 0. The molecule has 0 aromatic heterocycles. The van der Waals surface area contributed by atoms with Gasteiger partial charge in [0, 0.05) is 50.9 Å². The number of hydrogen-bond acceptors (Lipinski definition) is 16. The number of nitrogens with one attached hydrogen (secondary N) is 3. The molecule has 20 nitrogen and oxygen atoms in total. The highest BCUT2D eigenvalue weighted by Crippen LogP contribution is 2.56. The molecular formula is C65H93N5O15. The van der Waals surface area contributed by atoms with Crippen LogP contribution in [0.1, 0.15) is 110 Å². The molecule has 8 fully saturated rings. The number of epoxide rings is 2. The van der Waals surface area contributed by atoms with Gasteiger partial charge in [-0.15, -0.1) is 0 Å². The van der Waals surface area contributed by atoms with Crippen LogP contribution in [0.3, 0.4) is 0 Å². The minimum atomic E-state index is -1.03. The highest BCUT2D eigenvalue weighted by Gasteiger charge is 2.53. The van der Waals surface area contributed by atoms with Crippen molar-refractivity contribution in [3.8, 4) is 11.5 Å². The van der Waals surface area contributed by atoms with Gasteiger partial charge >= 0.3 is 5.97 Å². The van der Waals surface area contributed by atoms with Crippen LogP contribution in [-0.2, 0) is 70.1 Å². The highest BCUT2D eigenvalue weighted by molar-refractivity contribution is 5.98. The lowest BCUT2D eigenvalue weighted by molar-refractivity contribution is -0.144. The molecular weight excluding hydrogens is 1090 g/mol. The van der Waals surface area contributed by atoms with Gasteiger partial charge in [-0.25, -0.2) is 0 Å². The Morgan fingerprint density at radius 2 is 0.953 bits per heavy atom. The van der Waals surface area contributed by atoms with Crippen LogP contribution in [0.2, 0.25) is 0 Å². The van der Waals surface area contributed by atoms with E-state index in [4.69, 9.17) is 28.4 Å². The summed E-state index contributed by atoms with van der Waals surface area (Å²) in [5, 5.41) is 18.0. The van der Waals surface area contributed by atoms with Gasteiger partial charge in [-0.3, -0.25) is 48.2 Å². The van der Waals surface area contributed by atoms with Gasteiger partial charge in [-0.1, -0.05) is 31.2 Å². The molecule has 0 spiro atoms. The van der Waals surface area contributed by atoms with Gasteiger partial charge in [-0.2, -0.15) is 0 Å². The van der Waals surface area contributed by atoms with E-state index in [0.29, 0.717) is 102 Å². The molecule has 4 aliphatic carbocycles. The van der Waals surface area contributed by atoms with Crippen molar-refractivity contribution in [3.63, 3.8) is 0 Å². The number of carboxylic acids is 1. The molecule has 468 valence electrons. The normalized spacial score (nSPS) is 28.2. The molecule has 14 atom stereocenters. The minimum Gasteiger partial charge on any atom is -0.497 e. The van der Waals surface area contributed by atoms with E-state index in [1.807, 2.05) is 41.0 Å². The van der Waals surface area contributed by atoms with Crippen molar-refractivity contribution in [1.29, 1.82) is 0 Å². The zero-order valence-corrected chi connectivity index (χ0v) is 51.1. The number of nitrogens with zero attached hydrogens (tertiary/aromatic N) is 2. The first-order chi connectivity index (χ1) is 40.6. The van der Waals surface area contributed by atoms with Gasteiger partial charge in [0.2, 0.25) is 17.7 Å². The number of aliphatic carboxylic acids is 1. The van der Waals surface area contributed by atoms with Gasteiger partial charge < -0.3 is 49.5 Å². The van der Waals surface area contributed by atoms with Crippen LogP contribution in [0, 0.1) is 53.3 Å². The number of rotatable bonds is 29. The number of amides is 3. The van der Waals surface area contributed by atoms with Crippen LogP contribution in [0.15, 0.2) is 48.5 Å². The van der Waals surface area contributed by atoms with Gasteiger partial charge in [0.05, 0.1) is 91.0 Å². The summed E-state index contributed by atoms with van der Waals surface area (Å²) in [6.45, 7) is 15.5. The first-order valence-electron chi connectivity index (χ1n) is 31.0. The lowest BCUT2D eigenvalue weighted by Gasteiger charge is -2.27. The Bertz CT molecular complexity index is 2610. The van der Waals surface area contributed by atoms with E-state index in [-0.39, 0.29) is 73.3 Å². The highest BCUT2D eigenvalue weighted by atomic mass is 16.6. The maximum absolute atomic E-state index is 13.8. The van der Waals surface area contributed by atoms with E-state index in [0.717, 1.165) is 60.0 Å². The second-order valence-electron chi connectivity index (χ2n) is 25.9. The molecule has 4 saturated carbocycles. The maximum Gasteiger partial charge on any atom is 0.307 e. The Kier molecular flexibility index (Phi) is 22.9. The van der Waals surface area contributed by atoms with E-state index in [9.17, 15) is 43.5 Å². The Balaban J connectivity index is 0.000000186. The number of ketones is 4. The summed E-state index contributed by atoms with van der Waals surface area (Å²) < 4.78 is 31.6. The fraction of sp³-hybridized carbons (Fsp3) is 0.692. The lowest BCUT2D eigenvalue weighted by Crippen LogP contribution is -2.50. The third kappa shape index (κ3) is 19.7. The van der Waals surface area contributed by atoms with Crippen LogP contribution in [0.4, 0.5) is 0 Å². The molecule has 4 heterocycles. The molecule has 2 unspecified atom stereocenters. The van der Waals surface area contributed by atoms with Gasteiger partial charge in [0.1, 0.15) is 22.7 Å². The van der Waals surface area contributed by atoms with Crippen molar-refractivity contribution in [2.75, 3.05) is 93.1 Å². The van der Waals surface area contributed by atoms with Crippen molar-refractivity contribution in [1.82, 2.24) is 25.8 Å². The van der Waals surface area contributed by atoms with Crippen molar-refractivity contribution in [3.05, 3.63) is 59.7 Å². The number of fused-ring (bicyclic) bond motifs is 2. The van der Waals surface area contributed by atoms with E-state index >= 15 is 0 Å². The molecule has 0 bridgehead atoms. The van der Waals surface area contributed by atoms with Crippen LogP contribution in [0.5, 0.6) is 11.5 Å². The number of carboxylic acid groups (broad SMARTS) is 1. The Morgan fingerprint density at radius 1 is 0.565 bits per heavy atom. The average molecular weight is 1180 g/mol. The summed E-state index contributed by atoms with van der Waals surface area (Å²) in [6, 6.07) is 12.4. The third-order valence-corrected chi connectivity index (χ3v) is 18.8. The van der Waals surface area contributed by atoms with Gasteiger partial charge in [0.25, 0.3) is 0 Å². The molecule has 2 aromatic rings. The predicted octanol–water partition coefficient (Wildman–Crippen LogP) is 5.08. The molecule has 2 aromatic carbocycles. The molecule has 10 rings (SSSR count). The zero-order chi connectivity index (χ0) is 61.0. The number of Topliss-reactive ketones (excluding diaryl/α,β-unsaturated/α-hetero) is 4. The van der Waals surface area contributed by atoms with E-state index in [1.54, 1.807) is 59.3 Å². The van der Waals surface area contributed by atoms with E-state index in [2.05, 4.69) is 22.9 Å². The number of ether oxygens (including phenoxy) is 6. The van der Waals surface area contributed by atoms with Crippen molar-refractivity contribution in [2.45, 2.75) is 141 Å². The second kappa shape index (κ2) is 29.8. The van der Waals surface area contributed by atoms with Crippen LogP contribution < -0.4 is 25.4 Å². The van der Waals surface area contributed by atoms with Crippen LogP contribution >= 0.6 is 0 Å². The van der Waals surface area contributed by atoms with E-state index in [1.165, 1.54) is 25.7 Å². The Hall–Kier alpha value is -5.64. The smallest absolute Gasteiger partial charge is 0.307 e. The average Bonchev–Trinajstić information content (AvgIpc) is 2.65. The standard InChI is InChI=1S/C32H45N3O7.C20H28N2O6.C13H20O2/c1-20(33-29(37)18-35-8-10-41-11-9-35)28(36)17-25(12-21-4-6-26(40-3)7-5-21)31(39)34-27(30(38)32(2)19-42-32)15-22-13-23-16-24(23)14-22;1-14(21-19(24)13-22-7-9-28-10-8-22)18(23)12-16(20(25)26)11-15-3-5-17(27-2)6-4-15;1-8(12(14)13(2)7-15-13)3-9-4-10-6-11(10)5-9/h4-7,20,22-25,27H,8-19H2,1-3H3,(H,33,37)(H,34,39);3-6,14,16H,7-13H2,1-2H3,(H,21,24)(H,25,26);8-11H,3-7H2,1-2H3/t20-,22?,23-,24+,25+,27-,32+;14-,16+;8-,9?,10-,11+,13+/m000/s1. The molecule has 0 radical (unpaired) electrons. The molecule has 3 amide bonds. The monoisotopic (exact) mass is 1180 g/mol. The quantitative estimate of drug-likeness (QED) is 0.0774. The minimum absolute atomic E-state index is 0.0564. The number of morpholine rings is 2. The van der Waals surface area contributed by atoms with Crippen LogP contribution in [0.25, 0.3) is 0 Å². The SMILES string of the molecule is COc1ccc(C[C@H](CC(=O)[C@H](C)NC(=O)CN2CCOCC2)C(=O)N[C@@H](CC2C[C@@H]3C[C@@H]3C2)C(=O)[C@@]2(C)CO2)cc1.COc1ccc(C[C@H](CC(=O)[C@H](C)NC(=O)CN2CCOCC2)C(=O)O)cc1.C[C@@H](CC1C[C@@H]2C[C@@H]2C1)C(=O)[C@@]1(C)CO1. The number of carbonyl (C=O) groups excluding carboxylic acids is 7. The first-order valence-corrected chi connectivity index (χ1v) is 31.0. The summed E-state index contributed by atoms with van der Waals surface area (Å²) in [7, 11) is 3.15. The van der Waals surface area contributed by atoms with Crippen molar-refractivity contribution >= 4 is 46.8 Å². The topological polar surface area (TPSA) is 261 Å². The summed E-state index contributed by atoms with van der Waals surface area (Å²) in [5.41, 5.74) is 0.440. The lowest BCUT2D eigenvalue weighted by atomic mass is 9.86. The molecule has 4 aliphatic heterocycles. The molecule has 20 heteroatoms. The van der Waals surface area contributed by atoms with Crippen LogP contribution in [-0.4, -0.2) is 184 Å². The van der Waals surface area contributed by atoms with Crippen molar-refractivity contribution < 1.29 is 71.9 Å². The molecule has 4 N–H and O–H groups in total. The fourth-order valence-electron chi connectivity index (χ4n) is 13.0. The zero-order valence-electron chi connectivity index (χ0n) is 51.1. The number of hydrogen-bond donors (Lipinski definition) is 4. The van der Waals surface area contributed by atoms with E-state index < -0.39 is 47.1 Å². The largest absolute Gasteiger partial charge is 0.497 e. The Labute approximate surface area is 501 Å². The van der Waals surface area contributed by atoms with Crippen molar-refractivity contribution in [2.24, 2.45) is 53.3 Å². The second-order valence-corrected chi connectivity index (χ2v) is 25.9. The number of methoxy groups -OCH3 is 2. The number of carbonyl (C=O) groups is 8. The van der Waals surface area contributed by atoms with Gasteiger partial charge in [0.15, 0.2) is 23.1 Å². The summed E-state index contributed by atoms with van der Waals surface area (Å²) in [6.07, 6.45) is 9.82. The molecule has 4 saturated heterocycles. The fourth-order valence-corrected chi connectivity index (χ4v) is 13.0. The Morgan fingerprint density at radius 3 is 1.35 bits per heavy atom. The van der Waals surface area contributed by atoms with Gasteiger partial charge in [-0.05, 0) is 163 Å². The number of benzene rings is 2. The maximum atomic E-state index is 13.8. The summed E-state index contributed by atoms with van der Waals surface area (Å²) in [5.74, 6) is 2.79. The predicted molar refractivity (Wildman–Crippen MR) is 315 cm³/mol. The molecule has 85 heavy (non-hydrogen) atoms. The first kappa shape index (κ1) is 65.3. The third-order valence-electron chi connectivity index (χ3n) is 18.8. The summed E-state index contributed by atoms with van der Waals surface area (Å²) in [4.78, 5) is 105.